The van der Waals surface area contributed by atoms with Crippen LogP contribution in [0.25, 0.3) is 10.9 Å². The van der Waals surface area contributed by atoms with E-state index in [9.17, 15) is 4.79 Å². The molecule has 4 rings (SSSR count). The van der Waals surface area contributed by atoms with Gasteiger partial charge in [0.2, 0.25) is 0 Å². The van der Waals surface area contributed by atoms with Crippen LogP contribution in [-0.4, -0.2) is 40.7 Å². The first-order valence-corrected chi connectivity index (χ1v) is 8.79. The van der Waals surface area contributed by atoms with Crippen molar-refractivity contribution in [1.82, 2.24) is 14.8 Å². The van der Waals surface area contributed by atoms with E-state index < -0.39 is 0 Å². The Morgan fingerprint density at radius 2 is 1.88 bits per heavy atom. The van der Waals surface area contributed by atoms with E-state index in [4.69, 9.17) is 0 Å². The first-order chi connectivity index (χ1) is 11.2. The third-order valence-electron chi connectivity index (χ3n) is 5.82. The molecule has 2 aliphatic rings. The summed E-state index contributed by atoms with van der Waals surface area (Å²) in [6.45, 7) is 2.14. The Morgan fingerprint density at radius 1 is 1.21 bits per heavy atom. The van der Waals surface area contributed by atoms with Crippen LogP contribution in [0.4, 0.5) is 4.79 Å². The van der Waals surface area contributed by atoms with Crippen LogP contribution < -0.4 is 5.32 Å². The molecule has 0 radical (unpaired) electrons. The van der Waals surface area contributed by atoms with Gasteiger partial charge in [-0.25, -0.2) is 4.79 Å². The number of para-hydroxylation sites is 1. The number of halogens is 1. The van der Waals surface area contributed by atoms with Gasteiger partial charge in [-0.05, 0) is 50.8 Å². The largest absolute Gasteiger partial charge is 0.335 e. The molecule has 0 spiro atoms. The molecule has 2 atom stereocenters. The van der Waals surface area contributed by atoms with Gasteiger partial charge in [0.15, 0.2) is 0 Å². The van der Waals surface area contributed by atoms with Crippen LogP contribution in [0.1, 0.15) is 38.2 Å². The van der Waals surface area contributed by atoms with E-state index in [2.05, 4.69) is 30.3 Å². The van der Waals surface area contributed by atoms with Crippen molar-refractivity contribution in [3.63, 3.8) is 0 Å². The van der Waals surface area contributed by atoms with Crippen molar-refractivity contribution < 1.29 is 4.79 Å². The minimum atomic E-state index is 0. The van der Waals surface area contributed by atoms with Gasteiger partial charge in [-0.3, -0.25) is 4.57 Å². The van der Waals surface area contributed by atoms with E-state index in [1.165, 1.54) is 23.8 Å². The summed E-state index contributed by atoms with van der Waals surface area (Å²) in [5.74, 6) is 0. The Balaban J connectivity index is 0.00000169. The van der Waals surface area contributed by atoms with Crippen molar-refractivity contribution >= 4 is 29.3 Å². The fourth-order valence-electron chi connectivity index (χ4n) is 4.47. The number of carbonyl (C=O) groups excluding carboxylic acids is 1. The summed E-state index contributed by atoms with van der Waals surface area (Å²) in [7, 11) is 2.23. The molecule has 5 heteroatoms. The summed E-state index contributed by atoms with van der Waals surface area (Å²) in [4.78, 5) is 15.3. The zero-order valence-corrected chi connectivity index (χ0v) is 15.2. The number of nitrogens with one attached hydrogen (secondary N) is 1. The minimum absolute atomic E-state index is 0. The number of fused-ring (bicyclic) bond motifs is 3. The van der Waals surface area contributed by atoms with Crippen molar-refractivity contribution in [2.24, 2.45) is 0 Å². The maximum atomic E-state index is 12.8. The normalized spacial score (nSPS) is 26.3. The molecule has 2 unspecified atom stereocenters. The van der Waals surface area contributed by atoms with Gasteiger partial charge in [0, 0.05) is 29.7 Å². The Bertz CT molecular complexity index is 727. The van der Waals surface area contributed by atoms with Crippen LogP contribution in [0, 0.1) is 0 Å². The number of amides is 1. The molecule has 130 valence electrons. The zero-order valence-electron chi connectivity index (χ0n) is 14.4. The van der Waals surface area contributed by atoms with Gasteiger partial charge in [-0.2, -0.15) is 0 Å². The fraction of sp³-hybridized carbons (Fsp3) is 0.526. The Morgan fingerprint density at radius 3 is 2.54 bits per heavy atom. The fourth-order valence-corrected chi connectivity index (χ4v) is 4.47. The summed E-state index contributed by atoms with van der Waals surface area (Å²) < 4.78 is 1.80. The van der Waals surface area contributed by atoms with Crippen LogP contribution in [0.15, 0.2) is 30.5 Å². The van der Waals surface area contributed by atoms with E-state index >= 15 is 0 Å². The molecular formula is C19H26ClN3O. The molecule has 1 amide bonds. The van der Waals surface area contributed by atoms with Gasteiger partial charge in [0.05, 0.1) is 5.52 Å². The third-order valence-corrected chi connectivity index (χ3v) is 5.82. The number of hydrogen-bond acceptors (Lipinski definition) is 2. The number of rotatable bonds is 2. The summed E-state index contributed by atoms with van der Waals surface area (Å²) in [6.07, 6.45) is 7.67. The standard InChI is InChI=1S/C19H25N3O.ClH/c1-3-13-12-22(18-7-5-4-6-17(13)18)19(23)20-14-10-15-8-9-16(11-14)21(15)2;/h4-7,12,14-16H,3,8-11H2,1-2H3,(H,20,23);1H. The van der Waals surface area contributed by atoms with Crippen LogP contribution in [0.2, 0.25) is 0 Å². The second-order valence-electron chi connectivity index (χ2n) is 7.06. The first kappa shape index (κ1) is 17.3. The molecule has 4 nitrogen and oxygen atoms in total. The Hall–Kier alpha value is -1.52. The highest BCUT2D eigenvalue weighted by atomic mass is 35.5. The Labute approximate surface area is 149 Å². The maximum absolute atomic E-state index is 12.8. The number of carbonyl (C=O) groups is 1. The number of aromatic nitrogens is 1. The lowest BCUT2D eigenvalue weighted by molar-refractivity contribution is 0.150. The lowest BCUT2D eigenvalue weighted by Gasteiger charge is -2.36. The second kappa shape index (κ2) is 6.77. The van der Waals surface area contributed by atoms with Crippen LogP contribution in [0.3, 0.4) is 0 Å². The molecule has 2 saturated heterocycles. The Kier molecular flexibility index (Phi) is 4.88. The van der Waals surface area contributed by atoms with E-state index in [1.807, 2.05) is 24.4 Å². The number of hydrogen-bond donors (Lipinski definition) is 1. The van der Waals surface area contributed by atoms with Gasteiger partial charge >= 0.3 is 6.03 Å². The van der Waals surface area contributed by atoms with Crippen molar-refractivity contribution in [3.8, 4) is 0 Å². The van der Waals surface area contributed by atoms with Gasteiger partial charge < -0.3 is 10.2 Å². The van der Waals surface area contributed by atoms with Crippen LogP contribution in [0.5, 0.6) is 0 Å². The topological polar surface area (TPSA) is 37.3 Å². The monoisotopic (exact) mass is 347 g/mol. The smallest absolute Gasteiger partial charge is 0.326 e. The zero-order chi connectivity index (χ0) is 16.0. The molecule has 2 aromatic rings. The lowest BCUT2D eigenvalue weighted by Crippen LogP contribution is -2.49. The molecule has 0 saturated carbocycles. The lowest BCUT2D eigenvalue weighted by atomic mass is 9.98. The quantitative estimate of drug-likeness (QED) is 0.897. The van der Waals surface area contributed by atoms with E-state index in [0.29, 0.717) is 18.1 Å². The third kappa shape index (κ3) is 2.82. The van der Waals surface area contributed by atoms with Gasteiger partial charge in [-0.1, -0.05) is 25.1 Å². The average Bonchev–Trinajstić information content (AvgIpc) is 3.01. The predicted molar refractivity (Wildman–Crippen MR) is 100 cm³/mol. The van der Waals surface area contributed by atoms with Gasteiger partial charge in [0.25, 0.3) is 0 Å². The molecule has 24 heavy (non-hydrogen) atoms. The molecule has 2 fully saturated rings. The highest BCUT2D eigenvalue weighted by molar-refractivity contribution is 5.93. The SMILES string of the molecule is CCc1cn(C(=O)NC2CC3CCC(C2)N3C)c2ccccc12.Cl. The first-order valence-electron chi connectivity index (χ1n) is 8.79. The summed E-state index contributed by atoms with van der Waals surface area (Å²) in [5, 5.41) is 4.47. The molecule has 1 aromatic heterocycles. The summed E-state index contributed by atoms with van der Waals surface area (Å²) in [5.41, 5.74) is 2.25. The molecule has 0 aliphatic carbocycles. The van der Waals surface area contributed by atoms with Gasteiger partial charge in [-0.15, -0.1) is 12.4 Å². The van der Waals surface area contributed by atoms with E-state index in [0.717, 1.165) is 24.8 Å². The highest BCUT2D eigenvalue weighted by Gasteiger charge is 2.38. The summed E-state index contributed by atoms with van der Waals surface area (Å²) >= 11 is 0. The molecular weight excluding hydrogens is 322 g/mol. The molecule has 3 heterocycles. The number of benzene rings is 1. The van der Waals surface area contributed by atoms with Gasteiger partial charge in [0.1, 0.15) is 0 Å². The molecule has 1 aromatic carbocycles. The number of nitrogens with zero attached hydrogens (tertiary/aromatic N) is 2. The average molecular weight is 348 g/mol. The second-order valence-corrected chi connectivity index (χ2v) is 7.06. The molecule has 2 bridgehead atoms. The van der Waals surface area contributed by atoms with Crippen molar-refractivity contribution in [2.75, 3.05) is 7.05 Å². The number of piperidine rings is 1. The molecule has 2 aliphatic heterocycles. The van der Waals surface area contributed by atoms with Crippen molar-refractivity contribution in [2.45, 2.75) is 57.2 Å². The van der Waals surface area contributed by atoms with Crippen molar-refractivity contribution in [1.29, 1.82) is 0 Å². The summed E-state index contributed by atoms with van der Waals surface area (Å²) in [6, 6.07) is 9.80. The maximum Gasteiger partial charge on any atom is 0.326 e. The molecule has 1 N–H and O–H groups in total. The van der Waals surface area contributed by atoms with Crippen LogP contribution >= 0.6 is 12.4 Å². The number of aryl methyl sites for hydroxylation is 1. The van der Waals surface area contributed by atoms with Crippen molar-refractivity contribution in [3.05, 3.63) is 36.0 Å². The highest BCUT2D eigenvalue weighted by Crippen LogP contribution is 2.34. The van der Waals surface area contributed by atoms with E-state index in [-0.39, 0.29) is 18.4 Å². The predicted octanol–water partition coefficient (Wildman–Crippen LogP) is 3.81. The minimum Gasteiger partial charge on any atom is -0.335 e. The van der Waals surface area contributed by atoms with Crippen LogP contribution in [-0.2, 0) is 6.42 Å². The van der Waals surface area contributed by atoms with E-state index in [1.54, 1.807) is 4.57 Å².